The van der Waals surface area contributed by atoms with Crippen LogP contribution in [-0.4, -0.2) is 20.7 Å². The summed E-state index contributed by atoms with van der Waals surface area (Å²) < 4.78 is 5.47. The van der Waals surface area contributed by atoms with E-state index in [1.54, 1.807) is 0 Å². The molecule has 0 saturated carbocycles. The van der Waals surface area contributed by atoms with E-state index in [4.69, 9.17) is 11.2 Å². The van der Waals surface area contributed by atoms with Crippen molar-refractivity contribution in [2.75, 3.05) is 25.6 Å². The molecule has 0 fully saturated rings. The van der Waals surface area contributed by atoms with E-state index in [9.17, 15) is 0 Å². The Balaban J connectivity index is 2.60. The average Bonchev–Trinajstić information content (AvgIpc) is 2.19. The van der Waals surface area contributed by atoms with Crippen LogP contribution in [-0.2, 0) is 0 Å². The molecule has 0 aliphatic rings. The Bertz CT molecular complexity index is 325. The maximum absolute atomic E-state index is 5.47. The Hall–Kier alpha value is -1.62. The van der Waals surface area contributed by atoms with Gasteiger partial charge in [0, 0.05) is 32.3 Å². The number of terminal acetylenes is 1. The lowest BCUT2D eigenvalue weighted by Gasteiger charge is -2.13. The first kappa shape index (κ1) is 10.5. The molecule has 74 valence electrons. The molecule has 0 unspecified atom stereocenters. The highest BCUT2D eigenvalue weighted by molar-refractivity contribution is 5.49. The van der Waals surface area contributed by atoms with E-state index >= 15 is 0 Å². The van der Waals surface area contributed by atoms with Crippen molar-refractivity contribution in [2.24, 2.45) is 0 Å². The summed E-state index contributed by atoms with van der Waals surface area (Å²) in [5, 5.41) is 0. The van der Waals surface area contributed by atoms with Crippen LogP contribution >= 0.6 is 0 Å². The zero-order chi connectivity index (χ0) is 10.4. The van der Waals surface area contributed by atoms with Gasteiger partial charge in [-0.3, -0.25) is 0 Å². The first-order chi connectivity index (χ1) is 6.74. The fraction of sp³-hybridized carbons (Fsp3) is 0.333. The van der Waals surface area contributed by atoms with E-state index in [0.29, 0.717) is 13.0 Å². The largest absolute Gasteiger partial charge is 0.493 e. The zero-order valence-electron chi connectivity index (χ0n) is 8.66. The summed E-state index contributed by atoms with van der Waals surface area (Å²) in [6.45, 7) is 0.577. The number of hydrogen-bond acceptors (Lipinski definition) is 2. The van der Waals surface area contributed by atoms with Gasteiger partial charge in [0.25, 0.3) is 0 Å². The molecular weight excluding hydrogens is 174 g/mol. The van der Waals surface area contributed by atoms with Crippen LogP contribution in [0.25, 0.3) is 0 Å². The molecule has 1 aromatic carbocycles. The number of rotatable bonds is 4. The van der Waals surface area contributed by atoms with Crippen molar-refractivity contribution in [3.8, 4) is 18.1 Å². The molecule has 0 N–H and O–H groups in total. The van der Waals surface area contributed by atoms with Gasteiger partial charge in [-0.1, -0.05) is 6.07 Å². The number of nitrogens with zero attached hydrogens (tertiary/aromatic N) is 1. The number of benzene rings is 1. The van der Waals surface area contributed by atoms with Crippen LogP contribution in [0.2, 0.25) is 0 Å². The standard InChI is InChI=1S/C12H15NO/c1-4-5-9-14-12-8-6-7-11(10-12)13(2)3/h1,6-8,10H,5,9H2,2-3H3. The van der Waals surface area contributed by atoms with Gasteiger partial charge in [0.1, 0.15) is 5.75 Å². The predicted octanol–water partition coefficient (Wildman–Crippen LogP) is 2.15. The van der Waals surface area contributed by atoms with E-state index < -0.39 is 0 Å². The van der Waals surface area contributed by atoms with Gasteiger partial charge in [0.15, 0.2) is 0 Å². The third-order valence-corrected chi connectivity index (χ3v) is 1.85. The Morgan fingerprint density at radius 2 is 2.21 bits per heavy atom. The van der Waals surface area contributed by atoms with Crippen molar-refractivity contribution in [1.82, 2.24) is 0 Å². The quantitative estimate of drug-likeness (QED) is 0.531. The predicted molar refractivity (Wildman–Crippen MR) is 59.7 cm³/mol. The summed E-state index contributed by atoms with van der Waals surface area (Å²) in [5.41, 5.74) is 1.13. The Morgan fingerprint density at radius 1 is 1.43 bits per heavy atom. The second-order valence-electron chi connectivity index (χ2n) is 3.19. The molecular formula is C12H15NO. The monoisotopic (exact) mass is 189 g/mol. The zero-order valence-corrected chi connectivity index (χ0v) is 8.66. The second kappa shape index (κ2) is 5.18. The lowest BCUT2D eigenvalue weighted by Crippen LogP contribution is -2.08. The first-order valence-electron chi connectivity index (χ1n) is 4.57. The third kappa shape index (κ3) is 3.02. The molecule has 0 aliphatic carbocycles. The van der Waals surface area contributed by atoms with Gasteiger partial charge in [-0.05, 0) is 12.1 Å². The summed E-state index contributed by atoms with van der Waals surface area (Å²) in [4.78, 5) is 2.04. The lowest BCUT2D eigenvalue weighted by molar-refractivity contribution is 0.327. The SMILES string of the molecule is C#CCCOc1cccc(N(C)C)c1. The van der Waals surface area contributed by atoms with E-state index in [1.807, 2.05) is 43.3 Å². The molecule has 0 heterocycles. The molecule has 0 saturated heterocycles. The highest BCUT2D eigenvalue weighted by Gasteiger charge is 1.97. The van der Waals surface area contributed by atoms with Gasteiger partial charge < -0.3 is 9.64 Å². The van der Waals surface area contributed by atoms with Crippen molar-refractivity contribution >= 4 is 5.69 Å². The van der Waals surface area contributed by atoms with Crippen LogP contribution in [0, 0.1) is 12.3 Å². The first-order valence-corrected chi connectivity index (χ1v) is 4.57. The van der Waals surface area contributed by atoms with Crippen LogP contribution in [0.15, 0.2) is 24.3 Å². The van der Waals surface area contributed by atoms with Gasteiger partial charge >= 0.3 is 0 Å². The van der Waals surface area contributed by atoms with Crippen LogP contribution in [0.1, 0.15) is 6.42 Å². The average molecular weight is 189 g/mol. The Morgan fingerprint density at radius 3 is 2.86 bits per heavy atom. The summed E-state index contributed by atoms with van der Waals surface area (Å²) >= 11 is 0. The van der Waals surface area contributed by atoms with Crippen molar-refractivity contribution in [3.63, 3.8) is 0 Å². The molecule has 1 rings (SSSR count). The minimum Gasteiger partial charge on any atom is -0.493 e. The Kier molecular flexibility index (Phi) is 3.87. The molecule has 1 aromatic rings. The van der Waals surface area contributed by atoms with Gasteiger partial charge in [-0.25, -0.2) is 0 Å². The highest BCUT2D eigenvalue weighted by atomic mass is 16.5. The van der Waals surface area contributed by atoms with Crippen LogP contribution in [0.5, 0.6) is 5.75 Å². The van der Waals surface area contributed by atoms with E-state index in [0.717, 1.165) is 11.4 Å². The minimum atomic E-state index is 0.577. The van der Waals surface area contributed by atoms with Crippen LogP contribution in [0.4, 0.5) is 5.69 Å². The topological polar surface area (TPSA) is 12.5 Å². The smallest absolute Gasteiger partial charge is 0.121 e. The van der Waals surface area contributed by atoms with Crippen LogP contribution < -0.4 is 9.64 Å². The van der Waals surface area contributed by atoms with E-state index in [-0.39, 0.29) is 0 Å². The summed E-state index contributed by atoms with van der Waals surface area (Å²) in [6.07, 6.45) is 5.78. The van der Waals surface area contributed by atoms with E-state index in [1.165, 1.54) is 0 Å². The highest BCUT2D eigenvalue weighted by Crippen LogP contribution is 2.19. The van der Waals surface area contributed by atoms with Gasteiger partial charge in [0.05, 0.1) is 6.61 Å². The molecule has 2 nitrogen and oxygen atoms in total. The maximum atomic E-state index is 5.47. The van der Waals surface area contributed by atoms with Crippen molar-refractivity contribution in [1.29, 1.82) is 0 Å². The van der Waals surface area contributed by atoms with Gasteiger partial charge in [0.2, 0.25) is 0 Å². The fourth-order valence-corrected chi connectivity index (χ4v) is 1.08. The van der Waals surface area contributed by atoms with Crippen LogP contribution in [0.3, 0.4) is 0 Å². The number of ether oxygens (including phenoxy) is 1. The fourth-order valence-electron chi connectivity index (χ4n) is 1.08. The summed E-state index contributed by atoms with van der Waals surface area (Å²) in [7, 11) is 4.00. The second-order valence-corrected chi connectivity index (χ2v) is 3.19. The van der Waals surface area contributed by atoms with Gasteiger partial charge in [-0.2, -0.15) is 0 Å². The summed E-state index contributed by atoms with van der Waals surface area (Å²) in [6, 6.07) is 7.94. The van der Waals surface area contributed by atoms with Gasteiger partial charge in [-0.15, -0.1) is 12.3 Å². The summed E-state index contributed by atoms with van der Waals surface area (Å²) in [5.74, 6) is 3.41. The molecule has 0 spiro atoms. The van der Waals surface area contributed by atoms with E-state index in [2.05, 4.69) is 5.92 Å². The lowest BCUT2D eigenvalue weighted by atomic mass is 10.3. The van der Waals surface area contributed by atoms with Crippen molar-refractivity contribution in [2.45, 2.75) is 6.42 Å². The molecule has 0 bridgehead atoms. The molecule has 14 heavy (non-hydrogen) atoms. The third-order valence-electron chi connectivity index (χ3n) is 1.85. The number of hydrogen-bond donors (Lipinski definition) is 0. The molecule has 0 radical (unpaired) electrons. The van der Waals surface area contributed by atoms with Crippen molar-refractivity contribution in [3.05, 3.63) is 24.3 Å². The molecule has 2 heteroatoms. The molecule has 0 amide bonds. The molecule has 0 aliphatic heterocycles. The minimum absolute atomic E-state index is 0.577. The Labute approximate surface area is 85.5 Å². The maximum Gasteiger partial charge on any atom is 0.121 e. The normalized spacial score (nSPS) is 9.21. The number of anilines is 1. The van der Waals surface area contributed by atoms with Crippen molar-refractivity contribution < 1.29 is 4.74 Å². The molecule has 0 atom stereocenters. The molecule has 0 aromatic heterocycles.